The lowest BCUT2D eigenvalue weighted by molar-refractivity contribution is 0.0537. The normalized spacial score (nSPS) is 11.0. The van der Waals surface area contributed by atoms with Crippen LogP contribution in [0.4, 0.5) is 0 Å². The van der Waals surface area contributed by atoms with E-state index in [-0.39, 0.29) is 59.5 Å². The molecule has 0 spiro atoms. The standard InChI is InChI=1S/C62H80N6O18/c1-69-19-25-75-31-37-81-55-15-16-58(82-38-32-76-26-20-70-2)49(43-55)7-8-50-44-60(84-40-34-78-28-22-72-4)51(45-59(50)83-39-33-77-27-21-71-3)9-10-52-46-62(86-42-36-80-30-24-74-6)56(47-61(52)85-41-35-79-29-23-73-5)57-48-68(66-64-57)54-13-11-53(12-14-54)67-18-17-63-65-67/h11-18,43-48H,19-42H2,1-6H3. The van der Waals surface area contributed by atoms with E-state index >= 15 is 0 Å². The van der Waals surface area contributed by atoms with Gasteiger partial charge in [-0.05, 0) is 48.5 Å². The highest BCUT2D eigenvalue weighted by molar-refractivity contribution is 5.72. The van der Waals surface area contributed by atoms with Crippen molar-refractivity contribution in [2.24, 2.45) is 0 Å². The van der Waals surface area contributed by atoms with E-state index in [0.717, 1.165) is 11.4 Å². The maximum Gasteiger partial charge on any atom is 0.136 e. The molecule has 0 aliphatic heterocycles. The molecule has 0 amide bonds. The lowest BCUT2D eigenvalue weighted by atomic mass is 10.0. The highest BCUT2D eigenvalue weighted by atomic mass is 16.6. The average Bonchev–Trinajstić information content (AvgIpc) is 3.64. The molecular formula is C62H80N6O18. The Morgan fingerprint density at radius 1 is 0.337 bits per heavy atom. The molecule has 0 fully saturated rings. The molecule has 0 N–H and O–H groups in total. The fraction of sp³-hybridized carbons (Fsp3) is 0.484. The number of rotatable bonds is 45. The minimum atomic E-state index is 0.168. The molecule has 0 saturated heterocycles. The molecule has 0 unspecified atom stereocenters. The van der Waals surface area contributed by atoms with E-state index < -0.39 is 0 Å². The van der Waals surface area contributed by atoms with Crippen LogP contribution in [0, 0.1) is 23.7 Å². The zero-order valence-corrected chi connectivity index (χ0v) is 50.1. The van der Waals surface area contributed by atoms with Crippen LogP contribution in [0.2, 0.25) is 0 Å². The Balaban J connectivity index is 1.44. The molecule has 2 heterocycles. The van der Waals surface area contributed by atoms with Gasteiger partial charge in [0.2, 0.25) is 0 Å². The molecule has 2 aromatic heterocycles. The molecule has 24 heteroatoms. The fourth-order valence-electron chi connectivity index (χ4n) is 7.54. The zero-order chi connectivity index (χ0) is 60.5. The first-order valence-corrected chi connectivity index (χ1v) is 28.1. The van der Waals surface area contributed by atoms with Gasteiger partial charge < -0.3 is 85.3 Å². The van der Waals surface area contributed by atoms with Crippen molar-refractivity contribution in [3.8, 4) is 80.8 Å². The molecule has 0 aliphatic rings. The van der Waals surface area contributed by atoms with Crippen LogP contribution in [0.1, 0.15) is 22.3 Å². The van der Waals surface area contributed by atoms with Crippen LogP contribution in [-0.2, 0) is 56.8 Å². The molecule has 4 aromatic carbocycles. The van der Waals surface area contributed by atoms with E-state index in [4.69, 9.17) is 85.3 Å². The molecule has 0 bridgehead atoms. The predicted molar refractivity (Wildman–Crippen MR) is 316 cm³/mol. The lowest BCUT2D eigenvalue weighted by Gasteiger charge is -2.16. The zero-order valence-electron chi connectivity index (χ0n) is 50.1. The number of hydrogen-bond donors (Lipinski definition) is 0. The average molecular weight is 1200 g/mol. The summed E-state index contributed by atoms with van der Waals surface area (Å²) in [7, 11) is 9.71. The van der Waals surface area contributed by atoms with Crippen molar-refractivity contribution >= 4 is 0 Å². The summed E-state index contributed by atoms with van der Waals surface area (Å²) in [5.41, 5.74) is 4.66. The molecule has 6 rings (SSSR count). The maximum absolute atomic E-state index is 6.49. The molecule has 466 valence electrons. The summed E-state index contributed by atoms with van der Waals surface area (Å²) >= 11 is 0. The molecule has 0 atom stereocenters. The third kappa shape index (κ3) is 24.5. The fourth-order valence-corrected chi connectivity index (χ4v) is 7.54. The Morgan fingerprint density at radius 2 is 0.698 bits per heavy atom. The molecule has 0 aliphatic carbocycles. The largest absolute Gasteiger partial charge is 0.491 e. The Bertz CT molecular complexity index is 2940. The SMILES string of the molecule is COCCOCCOc1ccc(OCCOCCOC)c(C#Cc2cc(OCCOCCOC)c(C#Cc3cc(OCCOCCOC)c(-c4cn(-c5ccc(-n6ccnn6)cc5)nn4)cc3OCCOCCOC)cc2OCCOCCOC)c1. The van der Waals surface area contributed by atoms with E-state index in [1.165, 1.54) is 0 Å². The molecule has 6 aromatic rings. The molecule has 0 radical (unpaired) electrons. The number of hydrogen-bond acceptors (Lipinski definition) is 22. The number of methoxy groups -OCH3 is 6. The van der Waals surface area contributed by atoms with E-state index in [9.17, 15) is 0 Å². The summed E-state index contributed by atoms with van der Waals surface area (Å²) in [6.45, 7) is 8.12. The molecule has 0 saturated carbocycles. The van der Waals surface area contributed by atoms with Crippen molar-refractivity contribution in [3.05, 3.63) is 108 Å². The van der Waals surface area contributed by atoms with Crippen LogP contribution in [0.15, 0.2) is 85.3 Å². The van der Waals surface area contributed by atoms with Crippen LogP contribution < -0.4 is 28.4 Å². The van der Waals surface area contributed by atoms with Gasteiger partial charge in [-0.1, -0.05) is 34.1 Å². The van der Waals surface area contributed by atoms with Gasteiger partial charge in [-0.15, -0.1) is 10.2 Å². The maximum atomic E-state index is 6.49. The first-order chi connectivity index (χ1) is 42.5. The topological polar surface area (TPSA) is 228 Å². The summed E-state index contributed by atoms with van der Waals surface area (Å²) in [5, 5.41) is 17.1. The number of nitrogens with zero attached hydrogens (tertiary/aromatic N) is 6. The Morgan fingerprint density at radius 3 is 1.12 bits per heavy atom. The van der Waals surface area contributed by atoms with Crippen molar-refractivity contribution in [2.75, 3.05) is 201 Å². The van der Waals surface area contributed by atoms with Gasteiger partial charge in [0.05, 0.1) is 171 Å². The molecular weight excluding hydrogens is 1120 g/mol. The highest BCUT2D eigenvalue weighted by Crippen LogP contribution is 2.37. The van der Waals surface area contributed by atoms with Gasteiger partial charge in [0.15, 0.2) is 0 Å². The second kappa shape index (κ2) is 41.6. The quantitative estimate of drug-likeness (QED) is 0.0336. The first kappa shape index (κ1) is 67.7. The first-order valence-electron chi connectivity index (χ1n) is 28.1. The van der Waals surface area contributed by atoms with Crippen molar-refractivity contribution in [3.63, 3.8) is 0 Å². The van der Waals surface area contributed by atoms with E-state index in [2.05, 4.69) is 44.3 Å². The second-order valence-corrected chi connectivity index (χ2v) is 18.0. The summed E-state index contributed by atoms with van der Waals surface area (Å²) < 4.78 is 107. The third-order valence-corrected chi connectivity index (χ3v) is 11.9. The monoisotopic (exact) mass is 1200 g/mol. The van der Waals surface area contributed by atoms with Crippen LogP contribution in [0.3, 0.4) is 0 Å². The van der Waals surface area contributed by atoms with Gasteiger partial charge >= 0.3 is 0 Å². The highest BCUT2D eigenvalue weighted by Gasteiger charge is 2.19. The smallest absolute Gasteiger partial charge is 0.136 e. The van der Waals surface area contributed by atoms with Crippen LogP contribution in [0.25, 0.3) is 22.6 Å². The predicted octanol–water partition coefficient (Wildman–Crippen LogP) is 5.57. The summed E-state index contributed by atoms with van der Waals surface area (Å²) in [5.74, 6) is 16.2. The third-order valence-electron chi connectivity index (χ3n) is 11.9. The number of benzene rings is 4. The van der Waals surface area contributed by atoms with Gasteiger partial charge in [0.1, 0.15) is 79.8 Å². The van der Waals surface area contributed by atoms with E-state index in [1.54, 1.807) is 82.6 Å². The van der Waals surface area contributed by atoms with Crippen molar-refractivity contribution in [2.45, 2.75) is 0 Å². The Hall–Kier alpha value is -7.40. The summed E-state index contributed by atoms with van der Waals surface area (Å²) in [4.78, 5) is 0. The molecule has 86 heavy (non-hydrogen) atoms. The summed E-state index contributed by atoms with van der Waals surface area (Å²) in [6.07, 6.45) is 5.20. The van der Waals surface area contributed by atoms with Gasteiger partial charge in [-0.25, -0.2) is 9.36 Å². The minimum Gasteiger partial charge on any atom is -0.491 e. The lowest BCUT2D eigenvalue weighted by Crippen LogP contribution is -2.12. The van der Waals surface area contributed by atoms with Gasteiger partial charge in [0, 0.05) is 66.4 Å². The Labute approximate surface area is 503 Å². The Kier molecular flexibility index (Phi) is 32.8. The van der Waals surface area contributed by atoms with Crippen LogP contribution in [-0.4, -0.2) is 231 Å². The summed E-state index contributed by atoms with van der Waals surface area (Å²) in [6, 6.07) is 20.3. The van der Waals surface area contributed by atoms with Gasteiger partial charge in [-0.2, -0.15) is 0 Å². The van der Waals surface area contributed by atoms with Crippen molar-refractivity contribution < 1.29 is 85.3 Å². The van der Waals surface area contributed by atoms with E-state index in [1.807, 2.05) is 54.7 Å². The van der Waals surface area contributed by atoms with Gasteiger partial charge in [-0.3, -0.25) is 0 Å². The number of ether oxygens (including phenoxy) is 18. The second-order valence-electron chi connectivity index (χ2n) is 18.0. The minimum absolute atomic E-state index is 0.168. The van der Waals surface area contributed by atoms with Crippen molar-refractivity contribution in [1.82, 2.24) is 30.0 Å². The van der Waals surface area contributed by atoms with Crippen LogP contribution >= 0.6 is 0 Å². The molecule has 24 nitrogen and oxygen atoms in total. The van der Waals surface area contributed by atoms with E-state index in [0.29, 0.717) is 167 Å². The van der Waals surface area contributed by atoms with Crippen molar-refractivity contribution in [1.29, 1.82) is 0 Å². The van der Waals surface area contributed by atoms with Gasteiger partial charge in [0.25, 0.3) is 0 Å². The number of aromatic nitrogens is 6. The van der Waals surface area contributed by atoms with Crippen LogP contribution in [0.5, 0.6) is 34.5 Å².